The molecule has 3 heterocycles. The largest absolute Gasteiger partial charge is 0.359 e. The fourth-order valence-electron chi connectivity index (χ4n) is 2.30. The van der Waals surface area contributed by atoms with Crippen molar-refractivity contribution in [2.45, 2.75) is 20.0 Å². The van der Waals surface area contributed by atoms with Crippen molar-refractivity contribution in [2.75, 3.05) is 13.6 Å². The minimum atomic E-state index is 0.723. The Bertz CT molecular complexity index is 719. The van der Waals surface area contributed by atoms with Gasteiger partial charge in [-0.1, -0.05) is 5.16 Å². The van der Waals surface area contributed by atoms with Crippen molar-refractivity contribution in [1.82, 2.24) is 24.6 Å². The van der Waals surface area contributed by atoms with E-state index in [1.807, 2.05) is 37.5 Å². The molecule has 6 heteroatoms. The van der Waals surface area contributed by atoms with Gasteiger partial charge in [-0.15, -0.1) is 0 Å². The van der Waals surface area contributed by atoms with Crippen molar-refractivity contribution in [1.29, 1.82) is 0 Å². The summed E-state index contributed by atoms with van der Waals surface area (Å²) in [6, 6.07) is 5.83. The second-order valence-electron chi connectivity index (χ2n) is 5.33. The van der Waals surface area contributed by atoms with Gasteiger partial charge in [-0.05, 0) is 26.1 Å². The van der Waals surface area contributed by atoms with Crippen molar-refractivity contribution >= 4 is 0 Å². The molecule has 0 unspecified atom stereocenters. The minimum Gasteiger partial charge on any atom is -0.359 e. The third-order valence-electron chi connectivity index (χ3n) is 3.59. The van der Waals surface area contributed by atoms with Gasteiger partial charge in [-0.25, -0.2) is 4.98 Å². The average molecular weight is 297 g/mol. The summed E-state index contributed by atoms with van der Waals surface area (Å²) in [6.45, 7) is 4.56. The Hall–Kier alpha value is -2.47. The molecule has 22 heavy (non-hydrogen) atoms. The van der Waals surface area contributed by atoms with Gasteiger partial charge in [0.25, 0.3) is 0 Å². The molecule has 0 aliphatic heterocycles. The minimum absolute atomic E-state index is 0.723. The quantitative estimate of drug-likeness (QED) is 0.699. The highest BCUT2D eigenvalue weighted by molar-refractivity contribution is 5.57. The monoisotopic (exact) mass is 297 g/mol. The summed E-state index contributed by atoms with van der Waals surface area (Å²) in [6.07, 6.45) is 7.35. The molecule has 0 N–H and O–H groups in total. The van der Waals surface area contributed by atoms with Gasteiger partial charge in [-0.3, -0.25) is 9.88 Å². The van der Waals surface area contributed by atoms with Crippen LogP contribution < -0.4 is 0 Å². The zero-order valence-electron chi connectivity index (χ0n) is 12.8. The number of nitrogens with zero attached hydrogens (tertiary/aromatic N) is 5. The summed E-state index contributed by atoms with van der Waals surface area (Å²) in [5.74, 6) is 1.88. The lowest BCUT2D eigenvalue weighted by molar-refractivity contribution is 0.264. The first-order valence-corrected chi connectivity index (χ1v) is 7.24. The lowest BCUT2D eigenvalue weighted by Gasteiger charge is -2.15. The van der Waals surface area contributed by atoms with Gasteiger partial charge in [-0.2, -0.15) is 0 Å². The molecule has 6 nitrogen and oxygen atoms in total. The molecule has 114 valence electrons. The molecule has 0 aliphatic carbocycles. The van der Waals surface area contributed by atoms with Crippen LogP contribution in [0.25, 0.3) is 11.3 Å². The maximum atomic E-state index is 5.41. The van der Waals surface area contributed by atoms with Crippen LogP contribution in [0.5, 0.6) is 0 Å². The van der Waals surface area contributed by atoms with E-state index < -0.39 is 0 Å². The second kappa shape index (κ2) is 6.53. The first kappa shape index (κ1) is 14.5. The van der Waals surface area contributed by atoms with Crippen LogP contribution in [0.3, 0.4) is 0 Å². The van der Waals surface area contributed by atoms with Crippen molar-refractivity contribution < 1.29 is 4.52 Å². The second-order valence-corrected chi connectivity index (χ2v) is 5.33. The van der Waals surface area contributed by atoms with Gasteiger partial charge < -0.3 is 9.09 Å². The molecule has 3 aromatic rings. The molecule has 0 saturated heterocycles. The Kier molecular flexibility index (Phi) is 4.29. The molecule has 0 spiro atoms. The molecule has 0 saturated carbocycles. The standard InChI is InChI=1S/C16H19N5O/c1-13-18-6-7-21(13)9-8-20(2)12-15-10-16(19-22-15)14-4-3-5-17-11-14/h3-7,10-11H,8-9,12H2,1-2H3. The predicted octanol–water partition coefficient (Wildman–Crippen LogP) is 2.37. The summed E-state index contributed by atoms with van der Waals surface area (Å²) < 4.78 is 7.55. The summed E-state index contributed by atoms with van der Waals surface area (Å²) in [7, 11) is 2.07. The van der Waals surface area contributed by atoms with Gasteiger partial charge in [0.15, 0.2) is 5.76 Å². The number of imidazole rings is 1. The number of aryl methyl sites for hydroxylation is 1. The molecular formula is C16H19N5O. The number of likely N-dealkylation sites (N-methyl/N-ethyl adjacent to an activating group) is 1. The Morgan fingerprint density at radius 1 is 1.32 bits per heavy atom. The van der Waals surface area contributed by atoms with Crippen LogP contribution in [0, 0.1) is 6.92 Å². The Balaban J connectivity index is 1.57. The number of rotatable bonds is 6. The summed E-state index contributed by atoms with van der Waals surface area (Å²) in [4.78, 5) is 10.5. The van der Waals surface area contributed by atoms with E-state index in [0.29, 0.717) is 0 Å². The number of hydrogen-bond donors (Lipinski definition) is 0. The molecule has 0 radical (unpaired) electrons. The van der Waals surface area contributed by atoms with Crippen molar-refractivity contribution in [3.63, 3.8) is 0 Å². The maximum Gasteiger partial charge on any atom is 0.151 e. The molecule has 3 aromatic heterocycles. The molecule has 0 aliphatic rings. The number of aromatic nitrogens is 4. The van der Waals surface area contributed by atoms with E-state index in [2.05, 4.69) is 31.6 Å². The molecule has 3 rings (SSSR count). The van der Waals surface area contributed by atoms with E-state index in [-0.39, 0.29) is 0 Å². The molecular weight excluding hydrogens is 278 g/mol. The van der Waals surface area contributed by atoms with Crippen LogP contribution in [-0.4, -0.2) is 38.2 Å². The molecule has 0 fully saturated rings. The van der Waals surface area contributed by atoms with E-state index in [4.69, 9.17) is 4.52 Å². The van der Waals surface area contributed by atoms with Gasteiger partial charge in [0.1, 0.15) is 11.5 Å². The van der Waals surface area contributed by atoms with Crippen LogP contribution in [0.2, 0.25) is 0 Å². The molecule has 0 bridgehead atoms. The Morgan fingerprint density at radius 2 is 2.23 bits per heavy atom. The van der Waals surface area contributed by atoms with E-state index in [1.165, 1.54) is 0 Å². The zero-order chi connectivity index (χ0) is 15.4. The summed E-state index contributed by atoms with van der Waals surface area (Å²) in [5, 5.41) is 4.11. The van der Waals surface area contributed by atoms with E-state index in [0.717, 1.165) is 42.5 Å². The summed E-state index contributed by atoms with van der Waals surface area (Å²) in [5.41, 5.74) is 1.79. The van der Waals surface area contributed by atoms with Crippen LogP contribution in [-0.2, 0) is 13.1 Å². The lowest BCUT2D eigenvalue weighted by atomic mass is 10.2. The highest BCUT2D eigenvalue weighted by Gasteiger charge is 2.09. The fourth-order valence-corrected chi connectivity index (χ4v) is 2.30. The lowest BCUT2D eigenvalue weighted by Crippen LogP contribution is -2.22. The zero-order valence-corrected chi connectivity index (χ0v) is 12.8. The molecule has 0 aromatic carbocycles. The van der Waals surface area contributed by atoms with Crippen LogP contribution in [0.4, 0.5) is 0 Å². The molecule has 0 amide bonds. The average Bonchev–Trinajstić information content (AvgIpc) is 3.15. The predicted molar refractivity (Wildman–Crippen MR) is 83.0 cm³/mol. The van der Waals surface area contributed by atoms with Crippen molar-refractivity contribution in [2.24, 2.45) is 0 Å². The third-order valence-corrected chi connectivity index (χ3v) is 3.59. The maximum absolute atomic E-state index is 5.41. The van der Waals surface area contributed by atoms with Crippen LogP contribution in [0.15, 0.2) is 47.5 Å². The Labute approximate surface area is 129 Å². The SMILES string of the molecule is Cc1nccn1CCN(C)Cc1cc(-c2cccnc2)no1. The normalized spacial score (nSPS) is 11.2. The van der Waals surface area contributed by atoms with E-state index >= 15 is 0 Å². The highest BCUT2D eigenvalue weighted by Crippen LogP contribution is 2.18. The van der Waals surface area contributed by atoms with Gasteiger partial charge in [0, 0.05) is 49.5 Å². The van der Waals surface area contributed by atoms with Gasteiger partial charge in [0.2, 0.25) is 0 Å². The van der Waals surface area contributed by atoms with Crippen molar-refractivity contribution in [3.05, 3.63) is 54.6 Å². The van der Waals surface area contributed by atoms with E-state index in [1.54, 1.807) is 12.4 Å². The van der Waals surface area contributed by atoms with E-state index in [9.17, 15) is 0 Å². The van der Waals surface area contributed by atoms with Crippen molar-refractivity contribution in [3.8, 4) is 11.3 Å². The van der Waals surface area contributed by atoms with Crippen LogP contribution >= 0.6 is 0 Å². The number of hydrogen-bond acceptors (Lipinski definition) is 5. The highest BCUT2D eigenvalue weighted by atomic mass is 16.5. The van der Waals surface area contributed by atoms with Gasteiger partial charge >= 0.3 is 0 Å². The number of pyridine rings is 1. The first-order chi connectivity index (χ1) is 10.7. The van der Waals surface area contributed by atoms with Crippen LogP contribution in [0.1, 0.15) is 11.6 Å². The first-order valence-electron chi connectivity index (χ1n) is 7.24. The fraction of sp³-hybridized carbons (Fsp3) is 0.312. The summed E-state index contributed by atoms with van der Waals surface area (Å²) >= 11 is 0. The Morgan fingerprint density at radius 3 is 2.95 bits per heavy atom. The molecule has 0 atom stereocenters. The third kappa shape index (κ3) is 3.40. The topological polar surface area (TPSA) is 60.0 Å². The van der Waals surface area contributed by atoms with Gasteiger partial charge in [0.05, 0.1) is 6.54 Å². The smallest absolute Gasteiger partial charge is 0.151 e.